The molecule has 15 heteroatoms. The number of methoxy groups -OCH3 is 2. The van der Waals surface area contributed by atoms with Crippen LogP contribution >= 0.6 is 34.5 Å². The Morgan fingerprint density at radius 1 is 1.00 bits per heavy atom. The summed E-state index contributed by atoms with van der Waals surface area (Å²) < 4.78 is 50.7. The van der Waals surface area contributed by atoms with Crippen molar-refractivity contribution in [1.29, 1.82) is 0 Å². The van der Waals surface area contributed by atoms with Gasteiger partial charge in [-0.2, -0.15) is 4.73 Å². The van der Waals surface area contributed by atoms with Crippen LogP contribution in [0.1, 0.15) is 56.6 Å². The van der Waals surface area contributed by atoms with Crippen LogP contribution in [-0.4, -0.2) is 56.9 Å². The molecule has 1 amide bonds. The van der Waals surface area contributed by atoms with E-state index >= 15 is 0 Å². The van der Waals surface area contributed by atoms with E-state index in [-0.39, 0.29) is 51.2 Å². The van der Waals surface area contributed by atoms with Gasteiger partial charge in [0.05, 0.1) is 20.8 Å². The molecule has 10 nitrogen and oxygen atoms in total. The number of carbonyl (C=O) groups is 2. The summed E-state index contributed by atoms with van der Waals surface area (Å²) in [5, 5.41) is 12.1. The van der Waals surface area contributed by atoms with E-state index in [4.69, 9.17) is 42.1 Å². The largest absolute Gasteiger partial charge is 0.619 e. The van der Waals surface area contributed by atoms with Crippen LogP contribution < -0.4 is 19.1 Å². The second-order valence-corrected chi connectivity index (χ2v) is 14.3. The Morgan fingerprint density at radius 2 is 1.73 bits per heavy atom. The van der Waals surface area contributed by atoms with E-state index in [0.29, 0.717) is 38.8 Å². The maximum atomic E-state index is 13.7. The summed E-state index contributed by atoms with van der Waals surface area (Å²) in [7, 11) is 2.98. The fourth-order valence-electron chi connectivity index (χ4n) is 6.43. The number of halogens is 4. The molecule has 0 aliphatic carbocycles. The number of rotatable bonds is 12. The molecule has 0 radical (unpaired) electrons. The number of hydrogen-bond acceptors (Lipinski definition) is 9. The third-order valence-corrected chi connectivity index (χ3v) is 10.9. The van der Waals surface area contributed by atoms with Crippen molar-refractivity contribution in [2.24, 2.45) is 5.92 Å². The second-order valence-electron chi connectivity index (χ2n) is 12.3. The lowest BCUT2D eigenvalue weighted by Crippen LogP contribution is -2.53. The quantitative estimate of drug-likeness (QED) is 0.0813. The maximum absolute atomic E-state index is 13.7. The number of piperidine rings is 3. The Kier molecular flexibility index (Phi) is 11.5. The van der Waals surface area contributed by atoms with Crippen molar-refractivity contribution >= 4 is 52.3 Å². The Balaban J connectivity index is 1.25. The summed E-state index contributed by atoms with van der Waals surface area (Å²) >= 11 is 13.9. The molecule has 0 N–H and O–H groups in total. The number of nitrogens with zero attached hydrogens (tertiary/aromatic N) is 3. The number of thiophene rings is 1. The average Bonchev–Trinajstić information content (AvgIpc) is 3.60. The number of ether oxygens (including phenoxy) is 4. The van der Waals surface area contributed by atoms with Gasteiger partial charge in [-0.1, -0.05) is 41.4 Å². The molecule has 2 aromatic carbocycles. The number of amides is 1. The predicted octanol–water partition coefficient (Wildman–Crippen LogP) is 8.02. The Labute approximate surface area is 307 Å². The minimum absolute atomic E-state index is 0.0254. The summed E-state index contributed by atoms with van der Waals surface area (Å²) in [6.07, 6.45) is -0.397. The molecule has 4 aromatic rings. The van der Waals surface area contributed by atoms with Gasteiger partial charge in [-0.15, -0.1) is 11.3 Å². The molecule has 3 saturated heterocycles. The highest BCUT2D eigenvalue weighted by atomic mass is 35.5. The van der Waals surface area contributed by atoms with Gasteiger partial charge >= 0.3 is 12.1 Å². The predicted molar refractivity (Wildman–Crippen MR) is 188 cm³/mol. The highest BCUT2D eigenvalue weighted by Crippen LogP contribution is 2.37. The summed E-state index contributed by atoms with van der Waals surface area (Å²) in [5.74, 6) is 0.442. The van der Waals surface area contributed by atoms with Crippen molar-refractivity contribution in [3.05, 3.63) is 109 Å². The molecular weight excluding hydrogens is 727 g/mol. The third kappa shape index (κ3) is 8.49. The number of hydrogen-bond donors (Lipinski definition) is 0. The monoisotopic (exact) mass is 761 g/mol. The molecule has 51 heavy (non-hydrogen) atoms. The topological polar surface area (TPSA) is 104 Å². The lowest BCUT2D eigenvalue weighted by atomic mass is 9.86. The lowest BCUT2D eigenvalue weighted by molar-refractivity contribution is -0.605. The molecule has 0 spiro atoms. The highest BCUT2D eigenvalue weighted by Gasteiger charge is 2.38. The van der Waals surface area contributed by atoms with Crippen molar-refractivity contribution < 1.29 is 42.0 Å². The minimum Gasteiger partial charge on any atom is -0.619 e. The van der Waals surface area contributed by atoms with Crippen molar-refractivity contribution in [3.8, 4) is 11.5 Å². The molecule has 2 atom stereocenters. The summed E-state index contributed by atoms with van der Waals surface area (Å²) in [5.41, 5.74) is 0.965. The minimum atomic E-state index is -2.73. The van der Waals surface area contributed by atoms with Crippen LogP contribution in [-0.2, 0) is 22.4 Å². The standard InChI is InChI=1S/C36H35Cl2F2N3O7S/c1-47-29-8-6-22(15-31(29)48-2)30(16-26-27(37)18-42(46)19-28(26)38)49-35(44)33-9-7-25(51-33)17-43(24-5-3-4-23(14-24)34(39)40)36(45)50-32-20-41-12-10-21(32)11-13-41/h3-9,14-15,18-19,21,30,32,34H,10-13,16-17,20H2,1-2H3/t30-,32-/m0/s1. The Morgan fingerprint density at radius 3 is 2.37 bits per heavy atom. The van der Waals surface area contributed by atoms with E-state index in [1.54, 1.807) is 36.4 Å². The zero-order valence-corrected chi connectivity index (χ0v) is 30.1. The number of alkyl halides is 2. The Bertz CT molecular complexity index is 1870. The first-order chi connectivity index (χ1) is 24.5. The fraction of sp³-hybridized carbons (Fsp3) is 0.361. The molecule has 2 aromatic heterocycles. The smallest absolute Gasteiger partial charge is 0.414 e. The molecule has 0 unspecified atom stereocenters. The van der Waals surface area contributed by atoms with Gasteiger partial charge in [0.2, 0.25) is 0 Å². The van der Waals surface area contributed by atoms with Crippen LogP contribution in [0, 0.1) is 11.1 Å². The number of aromatic nitrogens is 1. The van der Waals surface area contributed by atoms with Crippen LogP contribution in [0.25, 0.3) is 0 Å². The maximum Gasteiger partial charge on any atom is 0.414 e. The molecule has 7 rings (SSSR count). The van der Waals surface area contributed by atoms with E-state index in [2.05, 4.69) is 4.90 Å². The molecule has 3 fully saturated rings. The molecule has 0 saturated carbocycles. The van der Waals surface area contributed by atoms with Crippen molar-refractivity contribution in [1.82, 2.24) is 4.90 Å². The van der Waals surface area contributed by atoms with Gasteiger partial charge in [0, 0.05) is 34.7 Å². The van der Waals surface area contributed by atoms with E-state index in [1.165, 1.54) is 37.3 Å². The summed E-state index contributed by atoms with van der Waals surface area (Å²) in [4.78, 5) is 31.8. The first-order valence-electron chi connectivity index (χ1n) is 16.2. The van der Waals surface area contributed by atoms with Crippen LogP contribution in [0.5, 0.6) is 11.5 Å². The van der Waals surface area contributed by atoms with E-state index < -0.39 is 24.6 Å². The van der Waals surface area contributed by atoms with E-state index in [1.807, 2.05) is 0 Å². The molecule has 3 aliphatic heterocycles. The highest BCUT2D eigenvalue weighted by molar-refractivity contribution is 7.14. The molecule has 270 valence electrons. The van der Waals surface area contributed by atoms with Gasteiger partial charge in [-0.05, 0) is 73.8 Å². The number of pyridine rings is 1. The Hall–Kier alpha value is -4.17. The van der Waals surface area contributed by atoms with Gasteiger partial charge in [0.15, 0.2) is 23.9 Å². The lowest BCUT2D eigenvalue weighted by Gasteiger charge is -2.44. The molecule has 5 heterocycles. The van der Waals surface area contributed by atoms with Crippen molar-refractivity contribution in [2.45, 2.75) is 44.4 Å². The second kappa shape index (κ2) is 16.0. The number of anilines is 1. The van der Waals surface area contributed by atoms with Crippen LogP contribution in [0.4, 0.5) is 19.3 Å². The number of fused-ring (bicyclic) bond motifs is 3. The number of carbonyl (C=O) groups excluding carboxylic acids is 2. The van der Waals surface area contributed by atoms with Gasteiger partial charge in [-0.3, -0.25) is 9.80 Å². The van der Waals surface area contributed by atoms with Crippen LogP contribution in [0.15, 0.2) is 67.0 Å². The fourth-order valence-corrected chi connectivity index (χ4v) is 7.91. The SMILES string of the molecule is COc1ccc([C@H](Cc2c(Cl)c[n+]([O-])cc2Cl)OC(=O)c2ccc(CN(C(=O)O[C@H]3CN4CCC3CC4)c3cccc(C(F)F)c3)s2)cc1OC. The zero-order chi connectivity index (χ0) is 36.2. The van der Waals surface area contributed by atoms with Gasteiger partial charge < -0.3 is 24.2 Å². The van der Waals surface area contributed by atoms with Gasteiger partial charge in [-0.25, -0.2) is 18.4 Å². The molecule has 2 bridgehead atoms. The molecular formula is C36H35Cl2F2N3O7S. The normalized spacial score (nSPS) is 18.7. The van der Waals surface area contributed by atoms with Crippen LogP contribution in [0.3, 0.4) is 0 Å². The third-order valence-electron chi connectivity index (χ3n) is 9.16. The number of benzene rings is 2. The summed E-state index contributed by atoms with van der Waals surface area (Å²) in [6, 6.07) is 13.9. The van der Waals surface area contributed by atoms with Crippen molar-refractivity contribution in [2.75, 3.05) is 38.8 Å². The molecule has 3 aliphatic rings. The van der Waals surface area contributed by atoms with Crippen molar-refractivity contribution in [3.63, 3.8) is 0 Å². The first kappa shape index (κ1) is 36.6. The number of esters is 1. The average molecular weight is 763 g/mol. The summed E-state index contributed by atoms with van der Waals surface area (Å²) in [6.45, 7) is 2.53. The first-order valence-corrected chi connectivity index (χ1v) is 17.8. The van der Waals surface area contributed by atoms with Gasteiger partial charge in [0.25, 0.3) is 6.43 Å². The van der Waals surface area contributed by atoms with Gasteiger partial charge in [0.1, 0.15) is 27.1 Å². The van der Waals surface area contributed by atoms with Crippen LogP contribution in [0.2, 0.25) is 10.0 Å². The van der Waals surface area contributed by atoms with E-state index in [0.717, 1.165) is 49.7 Å². The van der Waals surface area contributed by atoms with E-state index in [9.17, 15) is 23.6 Å². The zero-order valence-electron chi connectivity index (χ0n) is 27.7.